The molecule has 1 aliphatic rings. The van der Waals surface area contributed by atoms with Gasteiger partial charge in [-0.1, -0.05) is 0 Å². The zero-order chi connectivity index (χ0) is 13.0. The second-order valence-electron chi connectivity index (χ2n) is 4.51. The number of piperidine rings is 1. The molecule has 0 spiro atoms. The first kappa shape index (κ1) is 13.4. The number of aromatic nitrogens is 1. The van der Waals surface area contributed by atoms with Crippen LogP contribution in [0, 0.1) is 5.92 Å². The molecule has 1 saturated heterocycles. The van der Waals surface area contributed by atoms with Crippen LogP contribution in [0.2, 0.25) is 0 Å². The average Bonchev–Trinajstić information content (AvgIpc) is 2.46. The Morgan fingerprint density at radius 2 is 2.28 bits per heavy atom. The van der Waals surface area contributed by atoms with Crippen molar-refractivity contribution in [3.63, 3.8) is 0 Å². The number of hydrogen-bond donors (Lipinski definition) is 1. The van der Waals surface area contributed by atoms with Gasteiger partial charge in [0.25, 0.3) is 5.91 Å². The van der Waals surface area contributed by atoms with E-state index in [1.54, 1.807) is 12.3 Å². The molecule has 0 bridgehead atoms. The second-order valence-corrected chi connectivity index (χ2v) is 5.33. The summed E-state index contributed by atoms with van der Waals surface area (Å²) in [6, 6.07) is 3.60. The molecule has 4 nitrogen and oxygen atoms in total. The molecule has 5 heteroatoms. The third-order valence-corrected chi connectivity index (χ3v) is 3.99. The van der Waals surface area contributed by atoms with E-state index in [-0.39, 0.29) is 12.5 Å². The molecule has 1 amide bonds. The van der Waals surface area contributed by atoms with E-state index in [1.165, 1.54) is 11.8 Å². The molecule has 0 radical (unpaired) electrons. The van der Waals surface area contributed by atoms with Crippen LogP contribution in [0.3, 0.4) is 0 Å². The highest BCUT2D eigenvalue weighted by Gasteiger charge is 2.23. The van der Waals surface area contributed by atoms with Crippen LogP contribution in [0.15, 0.2) is 23.4 Å². The van der Waals surface area contributed by atoms with Crippen LogP contribution in [0.4, 0.5) is 0 Å². The van der Waals surface area contributed by atoms with E-state index in [0.717, 1.165) is 31.0 Å². The van der Waals surface area contributed by atoms with Crippen molar-refractivity contribution in [1.29, 1.82) is 0 Å². The molecular weight excluding hydrogens is 248 g/mol. The van der Waals surface area contributed by atoms with E-state index < -0.39 is 0 Å². The first-order valence-electron chi connectivity index (χ1n) is 6.14. The number of carbonyl (C=O) groups excluding carboxylic acids is 1. The molecule has 1 fully saturated rings. The highest BCUT2D eigenvalue weighted by atomic mass is 32.2. The second kappa shape index (κ2) is 6.20. The Morgan fingerprint density at radius 1 is 1.56 bits per heavy atom. The Hall–Kier alpha value is -1.07. The van der Waals surface area contributed by atoms with Crippen LogP contribution in [-0.2, 0) is 0 Å². The molecule has 18 heavy (non-hydrogen) atoms. The van der Waals surface area contributed by atoms with Gasteiger partial charge in [-0.2, -0.15) is 0 Å². The molecule has 0 saturated carbocycles. The predicted molar refractivity (Wildman–Crippen MR) is 71.7 cm³/mol. The SMILES string of the molecule is CSc1cc(C(=O)N2CCC(CO)CC2)ccn1. The number of aliphatic hydroxyl groups is 1. The van der Waals surface area contributed by atoms with Gasteiger partial charge in [0.1, 0.15) is 0 Å². The number of likely N-dealkylation sites (tertiary alicyclic amines) is 1. The Morgan fingerprint density at radius 3 is 2.89 bits per heavy atom. The zero-order valence-corrected chi connectivity index (χ0v) is 11.3. The Bertz CT molecular complexity index is 417. The van der Waals surface area contributed by atoms with E-state index in [9.17, 15) is 4.79 Å². The summed E-state index contributed by atoms with van der Waals surface area (Å²) in [6.07, 6.45) is 5.41. The third kappa shape index (κ3) is 3.03. The fourth-order valence-electron chi connectivity index (χ4n) is 2.16. The van der Waals surface area contributed by atoms with Gasteiger partial charge < -0.3 is 10.0 Å². The fraction of sp³-hybridized carbons (Fsp3) is 0.538. The molecule has 1 aliphatic heterocycles. The maximum Gasteiger partial charge on any atom is 0.254 e. The van der Waals surface area contributed by atoms with Crippen LogP contribution >= 0.6 is 11.8 Å². The zero-order valence-electron chi connectivity index (χ0n) is 10.5. The number of carbonyl (C=O) groups is 1. The molecule has 98 valence electrons. The summed E-state index contributed by atoms with van der Waals surface area (Å²) in [4.78, 5) is 18.3. The van der Waals surface area contributed by atoms with Crippen molar-refractivity contribution in [2.45, 2.75) is 17.9 Å². The lowest BCUT2D eigenvalue weighted by Crippen LogP contribution is -2.39. The minimum Gasteiger partial charge on any atom is -0.396 e. The van der Waals surface area contributed by atoms with Crippen LogP contribution in [-0.4, -0.2) is 46.8 Å². The molecule has 2 heterocycles. The molecular formula is C13H18N2O2S. The monoisotopic (exact) mass is 266 g/mol. The first-order chi connectivity index (χ1) is 8.74. The molecule has 2 rings (SSSR count). The van der Waals surface area contributed by atoms with Crippen molar-refractivity contribution in [3.05, 3.63) is 23.9 Å². The van der Waals surface area contributed by atoms with Gasteiger partial charge in [-0.05, 0) is 37.1 Å². The van der Waals surface area contributed by atoms with Crippen molar-refractivity contribution >= 4 is 17.7 Å². The largest absolute Gasteiger partial charge is 0.396 e. The summed E-state index contributed by atoms with van der Waals surface area (Å²) in [6.45, 7) is 1.70. The highest BCUT2D eigenvalue weighted by Crippen LogP contribution is 2.19. The van der Waals surface area contributed by atoms with Crippen LogP contribution in [0.25, 0.3) is 0 Å². The summed E-state index contributed by atoms with van der Waals surface area (Å²) < 4.78 is 0. The van der Waals surface area contributed by atoms with Gasteiger partial charge in [0.15, 0.2) is 0 Å². The lowest BCUT2D eigenvalue weighted by Gasteiger charge is -2.31. The van der Waals surface area contributed by atoms with Crippen molar-refractivity contribution in [3.8, 4) is 0 Å². The number of hydrogen-bond acceptors (Lipinski definition) is 4. The van der Waals surface area contributed by atoms with E-state index in [1.807, 2.05) is 17.2 Å². The van der Waals surface area contributed by atoms with Crippen molar-refractivity contribution in [2.75, 3.05) is 26.0 Å². The number of rotatable bonds is 3. The summed E-state index contributed by atoms with van der Waals surface area (Å²) in [5.74, 6) is 0.428. The summed E-state index contributed by atoms with van der Waals surface area (Å²) >= 11 is 1.54. The van der Waals surface area contributed by atoms with Crippen molar-refractivity contribution < 1.29 is 9.90 Å². The maximum atomic E-state index is 12.3. The Kier molecular flexibility index (Phi) is 4.60. The van der Waals surface area contributed by atoms with Gasteiger partial charge in [0.2, 0.25) is 0 Å². The molecule has 1 aromatic rings. The number of nitrogens with zero attached hydrogens (tertiary/aromatic N) is 2. The smallest absolute Gasteiger partial charge is 0.254 e. The Balaban J connectivity index is 2.03. The van der Waals surface area contributed by atoms with E-state index >= 15 is 0 Å². The van der Waals surface area contributed by atoms with Crippen molar-refractivity contribution in [1.82, 2.24) is 9.88 Å². The predicted octanol–water partition coefficient (Wildman–Crippen LogP) is 1.65. The van der Waals surface area contributed by atoms with Gasteiger partial charge in [-0.15, -0.1) is 11.8 Å². The summed E-state index contributed by atoms with van der Waals surface area (Å²) in [5.41, 5.74) is 0.705. The topological polar surface area (TPSA) is 53.4 Å². The molecule has 0 atom stereocenters. The number of pyridine rings is 1. The van der Waals surface area contributed by atoms with Gasteiger partial charge in [-0.3, -0.25) is 4.79 Å². The van der Waals surface area contributed by atoms with E-state index in [2.05, 4.69) is 4.98 Å². The van der Waals surface area contributed by atoms with Crippen LogP contribution in [0.5, 0.6) is 0 Å². The molecule has 0 unspecified atom stereocenters. The fourth-order valence-corrected chi connectivity index (χ4v) is 2.57. The average molecular weight is 266 g/mol. The van der Waals surface area contributed by atoms with Crippen molar-refractivity contribution in [2.24, 2.45) is 5.92 Å². The molecule has 0 aliphatic carbocycles. The number of thioether (sulfide) groups is 1. The number of amides is 1. The lowest BCUT2D eigenvalue weighted by molar-refractivity contribution is 0.0650. The first-order valence-corrected chi connectivity index (χ1v) is 7.37. The minimum absolute atomic E-state index is 0.0732. The van der Waals surface area contributed by atoms with Gasteiger partial charge in [-0.25, -0.2) is 4.98 Å². The quantitative estimate of drug-likeness (QED) is 0.845. The Labute approximate surface area is 111 Å². The molecule has 1 N–H and O–H groups in total. The number of aliphatic hydroxyl groups excluding tert-OH is 1. The van der Waals surface area contributed by atoms with E-state index in [4.69, 9.17) is 5.11 Å². The maximum absolute atomic E-state index is 12.3. The standard InChI is InChI=1S/C13H18N2O2S/c1-18-12-8-11(2-5-14-12)13(17)15-6-3-10(9-16)4-7-15/h2,5,8,10,16H,3-4,6-7,9H2,1H3. The van der Waals surface area contributed by atoms with Gasteiger partial charge >= 0.3 is 0 Å². The van der Waals surface area contributed by atoms with E-state index in [0.29, 0.717) is 11.5 Å². The van der Waals surface area contributed by atoms with Crippen LogP contribution in [0.1, 0.15) is 23.2 Å². The highest BCUT2D eigenvalue weighted by molar-refractivity contribution is 7.98. The minimum atomic E-state index is 0.0732. The normalized spacial score (nSPS) is 16.9. The van der Waals surface area contributed by atoms with Gasteiger partial charge in [0.05, 0.1) is 5.03 Å². The van der Waals surface area contributed by atoms with Gasteiger partial charge in [0, 0.05) is 31.5 Å². The summed E-state index contributed by atoms with van der Waals surface area (Å²) in [7, 11) is 0. The lowest BCUT2D eigenvalue weighted by atomic mass is 9.97. The molecule has 1 aromatic heterocycles. The van der Waals surface area contributed by atoms with Crippen LogP contribution < -0.4 is 0 Å². The summed E-state index contributed by atoms with van der Waals surface area (Å²) in [5, 5.41) is 9.95. The third-order valence-electron chi connectivity index (χ3n) is 3.35. The molecule has 0 aromatic carbocycles.